The zero-order valence-corrected chi connectivity index (χ0v) is 40.0. The van der Waals surface area contributed by atoms with Crippen molar-refractivity contribution >= 4 is 32.8 Å². The van der Waals surface area contributed by atoms with E-state index in [1.165, 1.54) is 0 Å². The first kappa shape index (κ1) is 32.6. The van der Waals surface area contributed by atoms with Gasteiger partial charge in [0.05, 0.1) is 30.4 Å². The predicted molar refractivity (Wildman–Crippen MR) is 280 cm³/mol. The van der Waals surface area contributed by atoms with Crippen LogP contribution >= 0.6 is 0 Å². The van der Waals surface area contributed by atoms with Gasteiger partial charge in [-0.05, 0) is 80.0 Å². The smallest absolute Gasteiger partial charge is 0.268 e. The van der Waals surface area contributed by atoms with Crippen molar-refractivity contribution in [1.29, 1.82) is 0 Å². The van der Waals surface area contributed by atoms with Crippen molar-refractivity contribution in [3.8, 4) is 73.2 Å². The molecule has 0 spiro atoms. The second-order valence-electron chi connectivity index (χ2n) is 16.7. The Labute approximate surface area is 439 Å². The van der Waals surface area contributed by atoms with Crippen molar-refractivity contribution in [2.24, 2.45) is 5.92 Å². The van der Waals surface area contributed by atoms with E-state index in [1.807, 2.05) is 103 Å². The number of benzene rings is 9. The molecule has 0 unspecified atom stereocenters. The standard InChI is InChI=1S/C64H46N4O.Pt/c1-44(2)37-50-39-63(65-42-58(50)48-25-13-6-14-26-48)68-59-36-33-49(45-19-7-3-8-20-45)38-57(59)56-35-34-53(41-62(56)68)69-52-28-17-27-51(40-52)66-43-67(61-32-16-15-31-60(61)66)64-54(46-21-9-4-10-22-46)29-18-30-55(64)47-23-11-5-12-24-47;/h3-36,38-39,42,44H,37H2,1-2H3;/q-2;/i4D,5D,9D,10D,11D,12D,21D,22D,23D,24D,37D2;. The third kappa shape index (κ3) is 8.33. The Kier molecular flexibility index (Phi) is 8.90. The number of imidazole rings is 1. The Morgan fingerprint density at radius 1 is 0.586 bits per heavy atom. The predicted octanol–water partition coefficient (Wildman–Crippen LogP) is 15.5. The Morgan fingerprint density at radius 3 is 1.96 bits per heavy atom. The van der Waals surface area contributed by atoms with Gasteiger partial charge in [0.25, 0.3) is 6.33 Å². The molecule has 340 valence electrons. The average Bonchev–Trinajstić information content (AvgIpc) is 4.09. The number of nitrogens with zero attached hydrogens (tertiary/aromatic N) is 4. The Balaban J connectivity index is 0.00000705. The van der Waals surface area contributed by atoms with E-state index in [-0.39, 0.29) is 54.9 Å². The molecule has 0 aliphatic carbocycles. The maximum Gasteiger partial charge on any atom is 0.268 e. The molecule has 70 heavy (non-hydrogen) atoms. The van der Waals surface area contributed by atoms with Gasteiger partial charge in [0.15, 0.2) is 0 Å². The molecule has 0 aliphatic rings. The molecule has 3 heterocycles. The van der Waals surface area contributed by atoms with E-state index in [2.05, 4.69) is 42.7 Å². The van der Waals surface area contributed by atoms with E-state index in [4.69, 9.17) is 23.4 Å². The summed E-state index contributed by atoms with van der Waals surface area (Å²) in [4.78, 5) is 5.04. The van der Waals surface area contributed by atoms with Crippen LogP contribution in [0.4, 0.5) is 0 Å². The maximum absolute atomic E-state index is 9.40. The number of hydrogen-bond acceptors (Lipinski definition) is 2. The molecule has 6 heteroatoms. The third-order valence-electron chi connectivity index (χ3n) is 12.0. The van der Waals surface area contributed by atoms with Crippen LogP contribution in [0.15, 0.2) is 224 Å². The summed E-state index contributed by atoms with van der Waals surface area (Å²) >= 11 is 0. The Bertz CT molecular complexity index is 4380. The fraction of sp³-hybridized carbons (Fsp3) is 0.0625. The molecule has 0 saturated heterocycles. The fourth-order valence-electron chi connectivity index (χ4n) is 8.98. The van der Waals surface area contributed by atoms with Crippen LogP contribution in [0.5, 0.6) is 11.5 Å². The van der Waals surface area contributed by atoms with Crippen molar-refractivity contribution in [1.82, 2.24) is 14.1 Å². The summed E-state index contributed by atoms with van der Waals surface area (Å²) in [6, 6.07) is 50.5. The Morgan fingerprint density at radius 2 is 1.24 bits per heavy atom. The molecule has 9 aromatic carbocycles. The quantitative estimate of drug-likeness (QED) is 0.0956. The van der Waals surface area contributed by atoms with Crippen LogP contribution in [-0.2, 0) is 27.4 Å². The largest absolute Gasteiger partial charge is 0.510 e. The molecule has 0 atom stereocenters. The monoisotopic (exact) mass is 1090 g/mol. The van der Waals surface area contributed by atoms with Crippen molar-refractivity contribution < 1.29 is 46.8 Å². The molecular formula is C64H46N4OPt-2. The SMILES string of the molecule is [2H]c1c([2H])c([2H])c(-c2cccc(-c3c([2H])c([2H])c([2H])c([2H])c3[2H])c2-[n+]2[c-]n(-c3[c-]c(Oc4[c-]c5c(cc4)c4cc(-c6ccccc6)ccc4n5-c4cc(C([2H])([2H])C(C)C)c(-c5ccccc5)cn4)ccc3)c3ccccc32)c([2H])c1[2H].[Pt]. The summed E-state index contributed by atoms with van der Waals surface area (Å²) in [5.74, 6) is 0.769. The van der Waals surface area contributed by atoms with Crippen LogP contribution < -0.4 is 9.30 Å². The van der Waals surface area contributed by atoms with Crippen LogP contribution in [-0.4, -0.2) is 14.1 Å². The molecule has 0 aliphatic heterocycles. The Hall–Kier alpha value is -8.11. The van der Waals surface area contributed by atoms with E-state index < -0.39 is 66.8 Å². The number of hydrogen-bond donors (Lipinski definition) is 0. The number of pyridine rings is 1. The molecule has 0 N–H and O–H groups in total. The van der Waals surface area contributed by atoms with Crippen LogP contribution in [0.25, 0.3) is 94.5 Å². The van der Waals surface area contributed by atoms with E-state index in [1.54, 1.807) is 63.9 Å². The van der Waals surface area contributed by atoms with E-state index in [0.29, 0.717) is 50.7 Å². The van der Waals surface area contributed by atoms with Crippen LogP contribution in [0.1, 0.15) is 35.9 Å². The van der Waals surface area contributed by atoms with Gasteiger partial charge in [-0.1, -0.05) is 195 Å². The van der Waals surface area contributed by atoms with Gasteiger partial charge >= 0.3 is 0 Å². The zero-order valence-electron chi connectivity index (χ0n) is 49.7. The summed E-state index contributed by atoms with van der Waals surface area (Å²) in [6.45, 7) is 3.74. The van der Waals surface area contributed by atoms with E-state index in [9.17, 15) is 2.74 Å². The van der Waals surface area contributed by atoms with Crippen molar-refractivity contribution in [2.75, 3.05) is 0 Å². The number of ether oxygens (including phenoxy) is 1. The first-order valence-corrected chi connectivity index (χ1v) is 22.5. The van der Waals surface area contributed by atoms with E-state index >= 15 is 0 Å². The van der Waals surface area contributed by atoms with Crippen molar-refractivity contribution in [3.05, 3.63) is 248 Å². The molecular weight excluding hydrogens is 1040 g/mol. The summed E-state index contributed by atoms with van der Waals surface area (Å²) in [7, 11) is 0. The molecule has 3 aromatic heterocycles. The van der Waals surface area contributed by atoms with Gasteiger partial charge in [-0.25, -0.2) is 4.98 Å². The number of fused-ring (bicyclic) bond motifs is 4. The van der Waals surface area contributed by atoms with Gasteiger partial charge in [-0.3, -0.25) is 4.57 Å². The average molecular weight is 1090 g/mol. The molecule has 0 amide bonds. The van der Waals surface area contributed by atoms with Crippen LogP contribution in [0, 0.1) is 24.4 Å². The van der Waals surface area contributed by atoms with Gasteiger partial charge in [0.1, 0.15) is 5.82 Å². The fourth-order valence-corrected chi connectivity index (χ4v) is 8.98. The van der Waals surface area contributed by atoms with Gasteiger partial charge < -0.3 is 13.9 Å². The van der Waals surface area contributed by atoms with E-state index in [0.717, 1.165) is 33.0 Å². The van der Waals surface area contributed by atoms with Crippen LogP contribution in [0.3, 0.4) is 0 Å². The molecule has 5 nitrogen and oxygen atoms in total. The minimum absolute atomic E-state index is 0. The number of aromatic nitrogens is 4. The summed E-state index contributed by atoms with van der Waals surface area (Å²) in [5, 5.41) is 1.79. The summed E-state index contributed by atoms with van der Waals surface area (Å²) in [6.07, 6.45) is 3.42. The first-order valence-electron chi connectivity index (χ1n) is 28.5. The number of para-hydroxylation sites is 3. The van der Waals surface area contributed by atoms with Gasteiger partial charge in [0.2, 0.25) is 0 Å². The number of rotatable bonds is 11. The van der Waals surface area contributed by atoms with Crippen molar-refractivity contribution in [2.45, 2.75) is 20.2 Å². The minimum atomic E-state index is -1.73. The second-order valence-corrected chi connectivity index (χ2v) is 16.7. The molecule has 12 aromatic rings. The molecule has 12 rings (SSSR count). The third-order valence-corrected chi connectivity index (χ3v) is 12.0. The molecule has 0 bridgehead atoms. The summed E-state index contributed by atoms with van der Waals surface area (Å²) < 4.78 is 118. The van der Waals surface area contributed by atoms with Gasteiger partial charge in [-0.15, -0.1) is 29.7 Å². The van der Waals surface area contributed by atoms with Crippen LogP contribution in [0.2, 0.25) is 0 Å². The summed E-state index contributed by atoms with van der Waals surface area (Å²) in [5.41, 5.74) is 7.16. The van der Waals surface area contributed by atoms with Gasteiger partial charge in [-0.2, -0.15) is 18.2 Å². The van der Waals surface area contributed by atoms with Crippen molar-refractivity contribution in [3.63, 3.8) is 0 Å². The molecule has 0 radical (unpaired) electrons. The second kappa shape index (κ2) is 19.1. The molecule has 0 saturated carbocycles. The zero-order chi connectivity index (χ0) is 56.8. The van der Waals surface area contributed by atoms with Gasteiger partial charge in [0, 0.05) is 52.6 Å². The normalized spacial score (nSPS) is 14.0. The molecule has 0 fully saturated rings. The minimum Gasteiger partial charge on any atom is -0.510 e. The maximum atomic E-state index is 9.40. The first-order chi connectivity index (χ1) is 38.9. The topological polar surface area (TPSA) is 35.9 Å².